The molecule has 0 aromatic rings. The van der Waals surface area contributed by atoms with E-state index in [1.807, 2.05) is 0 Å². The van der Waals surface area contributed by atoms with Crippen LogP contribution in [0.25, 0.3) is 0 Å². The van der Waals surface area contributed by atoms with Crippen molar-refractivity contribution in [1.29, 1.82) is 0 Å². The van der Waals surface area contributed by atoms with Crippen molar-refractivity contribution >= 4 is 51.0 Å². The Labute approximate surface area is 188 Å². The summed E-state index contributed by atoms with van der Waals surface area (Å²) < 4.78 is 37.1. The first-order chi connectivity index (χ1) is 15.0. The van der Waals surface area contributed by atoms with Gasteiger partial charge in [-0.1, -0.05) is 0 Å². The van der Waals surface area contributed by atoms with Gasteiger partial charge in [-0.2, -0.15) is 0 Å². The van der Waals surface area contributed by atoms with Crippen molar-refractivity contribution in [3.05, 3.63) is 11.5 Å². The lowest BCUT2D eigenvalue weighted by molar-refractivity contribution is -0.195. The molecule has 0 radical (unpaired) electrons. The van der Waals surface area contributed by atoms with E-state index in [4.69, 9.17) is 15.6 Å². The smallest absolute Gasteiger partial charge is 0.449 e. The molecule has 2 atom stereocenters. The minimum atomic E-state index is -5.42. The fourth-order valence-electron chi connectivity index (χ4n) is 2.99. The van der Waals surface area contributed by atoms with E-state index in [9.17, 15) is 47.9 Å². The molecule has 0 aromatic carbocycles. The number of thioether (sulfide) groups is 1. The van der Waals surface area contributed by atoms with Crippen molar-refractivity contribution in [3.8, 4) is 0 Å². The highest BCUT2D eigenvalue weighted by molar-refractivity contribution is 8.00. The summed E-state index contributed by atoms with van der Waals surface area (Å²) in [6.45, 7) is -0.514. The van der Waals surface area contributed by atoms with E-state index < -0.39 is 74.7 Å². The van der Waals surface area contributed by atoms with Gasteiger partial charge in [0.25, 0.3) is 11.6 Å². The van der Waals surface area contributed by atoms with Crippen LogP contribution >= 0.6 is 27.0 Å². The first-order valence-corrected chi connectivity index (χ1v) is 12.9. The second-order valence-corrected chi connectivity index (χ2v) is 11.7. The quantitative estimate of drug-likeness (QED) is 0.0760. The van der Waals surface area contributed by atoms with E-state index in [0.717, 1.165) is 23.8 Å². The number of hydrogen-bond acceptors (Lipinski definition) is 10. The van der Waals surface area contributed by atoms with Crippen LogP contribution < -0.4 is 11.1 Å². The Kier molecular flexibility index (Phi) is 7.87. The number of carbonyl (C=O) groups excluding carboxylic acids is 3. The average Bonchev–Trinajstić information content (AvgIpc) is 2.66. The summed E-state index contributed by atoms with van der Waals surface area (Å²) in [5, 5.41) is 7.21. The normalized spacial score (nSPS) is 23.0. The van der Waals surface area contributed by atoms with Crippen molar-refractivity contribution in [2.75, 3.05) is 19.5 Å². The number of rotatable bonds is 9. The maximum absolute atomic E-state index is 12.9. The van der Waals surface area contributed by atoms with Gasteiger partial charge in [0.05, 0.1) is 6.42 Å². The molecule has 2 heterocycles. The predicted molar refractivity (Wildman–Crippen MR) is 105 cm³/mol. The number of amides is 3. The van der Waals surface area contributed by atoms with Crippen LogP contribution in [0.1, 0.15) is 6.42 Å². The van der Waals surface area contributed by atoms with Gasteiger partial charge < -0.3 is 49.9 Å². The molecule has 2 aliphatic rings. The minimum Gasteiger partial charge on any atom is -0.449 e. The molecule has 1 fully saturated rings. The molecular formula is C13H19N3O14P2S. The van der Waals surface area contributed by atoms with Gasteiger partial charge in [0, 0.05) is 18.4 Å². The Balaban J connectivity index is 2.30. The highest BCUT2D eigenvalue weighted by Crippen LogP contribution is 2.61. The zero-order chi connectivity index (χ0) is 25.4. The number of nitrogens with two attached hydrogens (primary N) is 1. The van der Waals surface area contributed by atoms with Gasteiger partial charge in [0.15, 0.2) is 5.40 Å². The highest BCUT2D eigenvalue weighted by atomic mass is 32.2. The number of carbonyl (C=O) groups is 4. The Morgan fingerprint density at radius 2 is 1.85 bits per heavy atom. The largest absolute Gasteiger partial charge is 0.512 e. The van der Waals surface area contributed by atoms with Crippen LogP contribution in [0, 0.1) is 0 Å². The number of carboxylic acid groups (broad SMARTS) is 1. The fraction of sp³-hybridized carbons (Fsp3) is 0.538. The van der Waals surface area contributed by atoms with E-state index >= 15 is 0 Å². The van der Waals surface area contributed by atoms with Gasteiger partial charge in [-0.05, 0) is 0 Å². The summed E-state index contributed by atoms with van der Waals surface area (Å²) in [4.78, 5) is 84.6. The summed E-state index contributed by atoms with van der Waals surface area (Å²) in [5.41, 5.74) is 2.74. The van der Waals surface area contributed by atoms with E-state index in [0.29, 0.717) is 0 Å². The molecule has 3 amide bonds. The van der Waals surface area contributed by atoms with Gasteiger partial charge in [-0.25, -0.2) is 9.59 Å². The predicted octanol–water partition coefficient (Wildman–Crippen LogP) is -1.57. The number of nitrogens with zero attached hydrogens (tertiary/aromatic N) is 1. The Hall–Kier alpha value is -2.17. The molecule has 1 saturated heterocycles. The maximum Gasteiger partial charge on any atom is 0.512 e. The Morgan fingerprint density at radius 1 is 1.27 bits per heavy atom. The molecule has 186 valence electrons. The van der Waals surface area contributed by atoms with Crippen LogP contribution in [0.3, 0.4) is 0 Å². The molecule has 0 aromatic heterocycles. The van der Waals surface area contributed by atoms with Gasteiger partial charge in [-0.15, -0.1) is 11.8 Å². The third-order valence-corrected chi connectivity index (χ3v) is 9.52. The summed E-state index contributed by atoms with van der Waals surface area (Å²) in [7, 11) is -9.85. The Morgan fingerprint density at radius 3 is 2.30 bits per heavy atom. The van der Waals surface area contributed by atoms with Gasteiger partial charge in [-0.3, -0.25) is 23.6 Å². The van der Waals surface area contributed by atoms with Crippen LogP contribution in [-0.2, 0) is 32.9 Å². The molecule has 20 heteroatoms. The van der Waals surface area contributed by atoms with Crippen molar-refractivity contribution in [3.63, 3.8) is 0 Å². The molecule has 0 unspecified atom stereocenters. The average molecular weight is 535 g/mol. The third kappa shape index (κ3) is 5.67. The molecule has 0 aliphatic carbocycles. The summed E-state index contributed by atoms with van der Waals surface area (Å²) in [6.07, 6.45) is -4.34. The molecule has 0 saturated carbocycles. The number of ether oxygens (including phenoxy) is 3. The molecular weight excluding hydrogens is 516 g/mol. The topological polar surface area (TPSA) is 273 Å². The van der Waals surface area contributed by atoms with Crippen molar-refractivity contribution in [2.45, 2.75) is 22.9 Å². The first-order valence-electron chi connectivity index (χ1n) is 8.51. The van der Waals surface area contributed by atoms with Crippen LogP contribution in [0.15, 0.2) is 11.5 Å². The SMILES string of the molecule is CO[C@@]1(NC(=O)CC(P(=O)(O)O)P(=O)(O)O)C(=O)N2C(OC(=O)O)=C(COC(N)=O)CS[C@H]21. The van der Waals surface area contributed by atoms with E-state index in [1.54, 1.807) is 0 Å². The Bertz CT molecular complexity index is 969. The van der Waals surface area contributed by atoms with E-state index in [2.05, 4.69) is 14.8 Å². The van der Waals surface area contributed by atoms with Crippen molar-refractivity contribution < 1.29 is 67.2 Å². The number of β-lactam (4-membered cyclic amide) rings is 1. The lowest BCUT2D eigenvalue weighted by Crippen LogP contribution is -2.80. The van der Waals surface area contributed by atoms with Crippen molar-refractivity contribution in [2.24, 2.45) is 5.73 Å². The molecule has 2 rings (SSSR count). The lowest BCUT2D eigenvalue weighted by Gasteiger charge is -2.55. The maximum atomic E-state index is 12.9. The second kappa shape index (κ2) is 9.60. The third-order valence-electron chi connectivity index (χ3n) is 4.42. The van der Waals surface area contributed by atoms with Crippen molar-refractivity contribution in [1.82, 2.24) is 10.2 Å². The van der Waals surface area contributed by atoms with E-state index in [1.165, 1.54) is 0 Å². The molecule has 33 heavy (non-hydrogen) atoms. The molecule has 0 spiro atoms. The van der Waals surface area contributed by atoms with E-state index in [-0.39, 0.29) is 11.3 Å². The van der Waals surface area contributed by atoms with Gasteiger partial charge >= 0.3 is 27.4 Å². The zero-order valence-electron chi connectivity index (χ0n) is 16.5. The monoisotopic (exact) mass is 535 g/mol. The number of hydrogen-bond donors (Lipinski definition) is 7. The second-order valence-electron chi connectivity index (χ2n) is 6.57. The number of fused-ring (bicyclic) bond motifs is 1. The molecule has 8 N–H and O–H groups in total. The summed E-state index contributed by atoms with van der Waals surface area (Å²) in [5.74, 6) is -3.02. The van der Waals surface area contributed by atoms with Gasteiger partial charge in [0.2, 0.25) is 11.8 Å². The van der Waals surface area contributed by atoms with Crippen LogP contribution in [0.5, 0.6) is 0 Å². The summed E-state index contributed by atoms with van der Waals surface area (Å²) in [6, 6.07) is 0. The zero-order valence-corrected chi connectivity index (χ0v) is 19.1. The number of primary amides is 1. The van der Waals surface area contributed by atoms with Gasteiger partial charge in [0.1, 0.15) is 12.0 Å². The van der Waals surface area contributed by atoms with Crippen LogP contribution in [0.2, 0.25) is 0 Å². The number of nitrogens with one attached hydrogen (secondary N) is 1. The number of methoxy groups -OCH3 is 1. The molecule has 0 bridgehead atoms. The first kappa shape index (κ1) is 27.1. The summed E-state index contributed by atoms with van der Waals surface area (Å²) >= 11 is 0.906. The fourth-order valence-corrected chi connectivity index (χ4v) is 6.76. The highest BCUT2D eigenvalue weighted by Gasteiger charge is 2.67. The lowest BCUT2D eigenvalue weighted by atomic mass is 10.0. The minimum absolute atomic E-state index is 0.0462. The standard InChI is InChI=1S/C13H19N3O14P2S/c1-28-13(15-6(17)2-7(31(22,23)24)32(25,26)27)9(18)16-8(30-12(20)21)5(3-29-11(14)19)4-33-10(13)16/h7,10H,2-4H2,1H3,(H2,14,19)(H,15,17)(H,20,21)(H2,22,23,24)(H2,25,26,27)/t10-,13-/m0/s1. The van der Waals surface area contributed by atoms with Crippen LogP contribution in [-0.4, -0.2) is 89.6 Å². The molecule has 17 nitrogen and oxygen atoms in total. The molecule has 2 aliphatic heterocycles. The van der Waals surface area contributed by atoms with Crippen LogP contribution in [0.4, 0.5) is 9.59 Å².